The van der Waals surface area contributed by atoms with E-state index in [4.69, 9.17) is 0 Å². The van der Waals surface area contributed by atoms with Crippen LogP contribution in [0.25, 0.3) is 0 Å². The average molecular weight is 324 g/mol. The summed E-state index contributed by atoms with van der Waals surface area (Å²) in [6.07, 6.45) is 4.98. The van der Waals surface area contributed by atoms with Crippen LogP contribution in [0.15, 0.2) is 12.1 Å². The molecule has 0 N–H and O–H groups in total. The largest absolute Gasteiger partial charge is 0.203 e. The molecule has 0 fully saturated rings. The van der Waals surface area contributed by atoms with E-state index in [0.717, 1.165) is 25.7 Å². The van der Waals surface area contributed by atoms with E-state index in [0.29, 0.717) is 15.6 Å². The third-order valence-electron chi connectivity index (χ3n) is 2.41. The highest BCUT2D eigenvalue weighted by Gasteiger charge is 2.10. The lowest BCUT2D eigenvalue weighted by atomic mass is 10.1. The van der Waals surface area contributed by atoms with Gasteiger partial charge < -0.3 is 0 Å². The summed E-state index contributed by atoms with van der Waals surface area (Å²) >= 11 is 1.80. The summed E-state index contributed by atoms with van der Waals surface area (Å²) in [4.78, 5) is 0. The van der Waals surface area contributed by atoms with Crippen LogP contribution in [0.4, 0.5) is 8.78 Å². The zero-order valence-corrected chi connectivity index (χ0v) is 11.0. The van der Waals surface area contributed by atoms with Gasteiger partial charge in [0.1, 0.15) is 0 Å². The van der Waals surface area contributed by atoms with Crippen molar-refractivity contribution in [3.8, 4) is 0 Å². The first kappa shape index (κ1) is 12.9. The summed E-state index contributed by atoms with van der Waals surface area (Å²) in [6, 6.07) is 3.32. The fourth-order valence-electron chi connectivity index (χ4n) is 1.50. The molecule has 3 heteroatoms. The van der Waals surface area contributed by atoms with Crippen LogP contribution in [-0.4, -0.2) is 0 Å². The Labute approximate surface area is 103 Å². The van der Waals surface area contributed by atoms with Gasteiger partial charge in [0, 0.05) is 0 Å². The maximum absolute atomic E-state index is 13.4. The van der Waals surface area contributed by atoms with Crippen LogP contribution >= 0.6 is 22.6 Å². The maximum Gasteiger partial charge on any atom is 0.172 e. The van der Waals surface area contributed by atoms with Crippen molar-refractivity contribution in [1.82, 2.24) is 0 Å². The van der Waals surface area contributed by atoms with Crippen molar-refractivity contribution in [1.29, 1.82) is 0 Å². The van der Waals surface area contributed by atoms with Gasteiger partial charge in [-0.1, -0.05) is 32.3 Å². The summed E-state index contributed by atoms with van der Waals surface area (Å²) in [7, 11) is 0. The van der Waals surface area contributed by atoms with Crippen molar-refractivity contribution in [2.45, 2.75) is 39.0 Å². The van der Waals surface area contributed by atoms with Gasteiger partial charge in [-0.25, -0.2) is 8.78 Å². The minimum atomic E-state index is -0.705. The van der Waals surface area contributed by atoms with Gasteiger partial charge in [0.05, 0.1) is 3.57 Å². The fourth-order valence-corrected chi connectivity index (χ4v) is 1.92. The Morgan fingerprint density at radius 1 is 1.07 bits per heavy atom. The van der Waals surface area contributed by atoms with Gasteiger partial charge >= 0.3 is 0 Å². The first-order valence-corrected chi connectivity index (χ1v) is 6.37. The molecule has 0 unspecified atom stereocenters. The number of rotatable bonds is 5. The van der Waals surface area contributed by atoms with Gasteiger partial charge in [-0.2, -0.15) is 0 Å². The minimum absolute atomic E-state index is 0.349. The lowest BCUT2D eigenvalue weighted by molar-refractivity contribution is 0.491. The molecule has 0 nitrogen and oxygen atoms in total. The fraction of sp³-hybridized carbons (Fsp3) is 0.500. The number of halogens is 3. The zero-order chi connectivity index (χ0) is 11.3. The molecule has 0 saturated carbocycles. The SMILES string of the molecule is CCCCCCc1ccc(I)c(F)c1F. The quantitative estimate of drug-likeness (QED) is 0.419. The molecular weight excluding hydrogens is 309 g/mol. The third kappa shape index (κ3) is 3.70. The van der Waals surface area contributed by atoms with Crippen molar-refractivity contribution in [3.05, 3.63) is 32.9 Å². The standard InChI is InChI=1S/C12H15F2I/c1-2-3-4-5-6-9-7-8-10(15)12(14)11(9)13/h7-8H,2-6H2,1H3. The Hall–Kier alpha value is -0.190. The zero-order valence-electron chi connectivity index (χ0n) is 8.82. The number of hydrogen-bond donors (Lipinski definition) is 0. The number of benzene rings is 1. The molecule has 15 heavy (non-hydrogen) atoms. The van der Waals surface area contributed by atoms with Crippen LogP contribution in [-0.2, 0) is 6.42 Å². The maximum atomic E-state index is 13.4. The van der Waals surface area contributed by atoms with Gasteiger partial charge in [0.2, 0.25) is 0 Å². The van der Waals surface area contributed by atoms with Gasteiger partial charge in [0.15, 0.2) is 11.6 Å². The highest BCUT2D eigenvalue weighted by Crippen LogP contribution is 2.19. The summed E-state index contributed by atoms with van der Waals surface area (Å²) in [5.41, 5.74) is 0.504. The molecule has 0 saturated heterocycles. The van der Waals surface area contributed by atoms with Gasteiger partial charge in [-0.15, -0.1) is 0 Å². The molecule has 1 aromatic carbocycles. The molecule has 0 aliphatic heterocycles. The Kier molecular flexibility index (Phi) is 5.50. The van der Waals surface area contributed by atoms with Gasteiger partial charge in [-0.05, 0) is 47.1 Å². The average Bonchev–Trinajstić information content (AvgIpc) is 2.24. The Balaban J connectivity index is 2.58. The number of hydrogen-bond acceptors (Lipinski definition) is 0. The predicted octanol–water partition coefficient (Wildman–Crippen LogP) is 4.69. The summed E-state index contributed by atoms with van der Waals surface area (Å²) in [6.45, 7) is 2.13. The predicted molar refractivity (Wildman–Crippen MR) is 66.9 cm³/mol. The molecule has 0 bridgehead atoms. The Morgan fingerprint density at radius 3 is 2.47 bits per heavy atom. The molecule has 0 heterocycles. The molecule has 0 aromatic heterocycles. The van der Waals surface area contributed by atoms with Crippen molar-refractivity contribution in [3.63, 3.8) is 0 Å². The molecule has 0 aliphatic carbocycles. The van der Waals surface area contributed by atoms with E-state index >= 15 is 0 Å². The smallest absolute Gasteiger partial charge is 0.172 e. The van der Waals surface area contributed by atoms with E-state index < -0.39 is 11.6 Å². The van der Waals surface area contributed by atoms with Crippen LogP contribution < -0.4 is 0 Å². The van der Waals surface area contributed by atoms with E-state index in [1.165, 1.54) is 0 Å². The number of aryl methyl sites for hydroxylation is 1. The van der Waals surface area contributed by atoms with E-state index in [2.05, 4.69) is 6.92 Å². The van der Waals surface area contributed by atoms with E-state index in [-0.39, 0.29) is 0 Å². The van der Waals surface area contributed by atoms with Crippen LogP contribution in [0, 0.1) is 15.2 Å². The van der Waals surface area contributed by atoms with Gasteiger partial charge in [0.25, 0.3) is 0 Å². The topological polar surface area (TPSA) is 0 Å². The summed E-state index contributed by atoms with van der Waals surface area (Å²) in [5, 5.41) is 0. The molecule has 0 radical (unpaired) electrons. The van der Waals surface area contributed by atoms with Crippen molar-refractivity contribution in [2.24, 2.45) is 0 Å². The van der Waals surface area contributed by atoms with Crippen molar-refractivity contribution >= 4 is 22.6 Å². The lowest BCUT2D eigenvalue weighted by Gasteiger charge is -2.04. The van der Waals surface area contributed by atoms with Crippen molar-refractivity contribution in [2.75, 3.05) is 0 Å². The third-order valence-corrected chi connectivity index (χ3v) is 3.25. The molecule has 0 atom stereocenters. The Morgan fingerprint density at radius 2 is 1.80 bits per heavy atom. The molecule has 84 valence electrons. The monoisotopic (exact) mass is 324 g/mol. The molecule has 1 rings (SSSR count). The van der Waals surface area contributed by atoms with Crippen LogP contribution in [0.3, 0.4) is 0 Å². The first-order chi connectivity index (χ1) is 7.16. The van der Waals surface area contributed by atoms with E-state index in [9.17, 15) is 8.78 Å². The second-order valence-corrected chi connectivity index (χ2v) is 4.81. The molecule has 1 aromatic rings. The lowest BCUT2D eigenvalue weighted by Crippen LogP contribution is -1.97. The van der Waals surface area contributed by atoms with Crippen molar-refractivity contribution < 1.29 is 8.78 Å². The summed E-state index contributed by atoms with van der Waals surface area (Å²) in [5.74, 6) is -1.37. The normalized spacial score (nSPS) is 10.7. The molecule has 0 spiro atoms. The second-order valence-electron chi connectivity index (χ2n) is 3.65. The van der Waals surface area contributed by atoms with Crippen LogP contribution in [0.1, 0.15) is 38.2 Å². The van der Waals surface area contributed by atoms with Crippen LogP contribution in [0.2, 0.25) is 0 Å². The number of unbranched alkanes of at least 4 members (excludes halogenated alkanes) is 3. The van der Waals surface area contributed by atoms with E-state index in [1.54, 1.807) is 34.7 Å². The highest BCUT2D eigenvalue weighted by molar-refractivity contribution is 14.1. The summed E-state index contributed by atoms with van der Waals surface area (Å²) < 4.78 is 26.9. The Bertz CT molecular complexity index is 324. The first-order valence-electron chi connectivity index (χ1n) is 5.29. The molecular formula is C12H15F2I. The highest BCUT2D eigenvalue weighted by atomic mass is 127. The van der Waals surface area contributed by atoms with E-state index in [1.807, 2.05) is 0 Å². The minimum Gasteiger partial charge on any atom is -0.203 e. The van der Waals surface area contributed by atoms with Gasteiger partial charge in [-0.3, -0.25) is 0 Å². The second kappa shape index (κ2) is 6.40. The molecule has 0 aliphatic rings. The van der Waals surface area contributed by atoms with Crippen LogP contribution in [0.5, 0.6) is 0 Å². The molecule has 0 amide bonds.